The van der Waals surface area contributed by atoms with Crippen LogP contribution in [0.15, 0.2) is 22.0 Å². The zero-order valence-electron chi connectivity index (χ0n) is 18.4. The van der Waals surface area contributed by atoms with E-state index in [9.17, 15) is 4.79 Å². The Balaban J connectivity index is 1.66. The predicted molar refractivity (Wildman–Crippen MR) is 122 cm³/mol. The van der Waals surface area contributed by atoms with E-state index in [0.29, 0.717) is 23.5 Å². The summed E-state index contributed by atoms with van der Waals surface area (Å²) in [5.74, 6) is 2.46. The van der Waals surface area contributed by atoms with Crippen molar-refractivity contribution >= 4 is 17.3 Å². The van der Waals surface area contributed by atoms with Crippen molar-refractivity contribution in [3.05, 3.63) is 23.3 Å². The molecule has 2 fully saturated rings. The van der Waals surface area contributed by atoms with Crippen LogP contribution in [0, 0.1) is 17.8 Å². The standard InChI is InChI=1S/C22H33N7O2/c1-4-29(12-15-10-8-13(2)9-11-15)17-18(23)25-20(21-27-28-22(30)31-21)26-19(17)24-14(3)16-6-5-7-16/h4,13-16H,1,5-12H2,2-3H3,(H,28,30)(H3,23,24,25,26)/t13-,14-,15-/m1/s1. The van der Waals surface area contributed by atoms with Gasteiger partial charge < -0.3 is 20.4 Å². The van der Waals surface area contributed by atoms with Crippen LogP contribution in [-0.4, -0.2) is 32.8 Å². The fraction of sp³-hybridized carbons (Fsp3) is 0.636. The Morgan fingerprint density at radius 2 is 2.03 bits per heavy atom. The highest BCUT2D eigenvalue weighted by atomic mass is 16.4. The van der Waals surface area contributed by atoms with Gasteiger partial charge in [0.2, 0.25) is 5.82 Å². The van der Waals surface area contributed by atoms with Gasteiger partial charge in [0.15, 0.2) is 11.6 Å². The first-order valence-electron chi connectivity index (χ1n) is 11.3. The highest BCUT2D eigenvalue weighted by molar-refractivity contribution is 5.79. The van der Waals surface area contributed by atoms with Crippen LogP contribution in [0.4, 0.5) is 17.3 Å². The molecule has 0 unspecified atom stereocenters. The van der Waals surface area contributed by atoms with Crippen molar-refractivity contribution < 1.29 is 4.42 Å². The average Bonchev–Trinajstić information content (AvgIpc) is 3.13. The number of nitrogens with zero attached hydrogens (tertiary/aromatic N) is 4. The van der Waals surface area contributed by atoms with Crippen molar-refractivity contribution in [2.75, 3.05) is 22.5 Å². The number of hydrogen-bond donors (Lipinski definition) is 3. The topological polar surface area (TPSA) is 126 Å². The Kier molecular flexibility index (Phi) is 6.29. The Labute approximate surface area is 182 Å². The van der Waals surface area contributed by atoms with Gasteiger partial charge in [-0.1, -0.05) is 32.8 Å². The molecule has 9 heteroatoms. The van der Waals surface area contributed by atoms with Crippen LogP contribution >= 0.6 is 0 Å². The molecule has 31 heavy (non-hydrogen) atoms. The monoisotopic (exact) mass is 427 g/mol. The summed E-state index contributed by atoms with van der Waals surface area (Å²) in [5, 5.41) is 9.66. The molecule has 4 rings (SSSR count). The molecule has 2 aliphatic rings. The fourth-order valence-corrected chi connectivity index (χ4v) is 4.60. The maximum atomic E-state index is 11.4. The average molecular weight is 428 g/mol. The summed E-state index contributed by atoms with van der Waals surface area (Å²) >= 11 is 0. The first kappa shape index (κ1) is 21.4. The van der Waals surface area contributed by atoms with Crippen LogP contribution < -0.4 is 21.7 Å². The Morgan fingerprint density at radius 1 is 1.29 bits per heavy atom. The van der Waals surface area contributed by atoms with Crippen molar-refractivity contribution in [2.45, 2.75) is 64.8 Å². The second-order valence-electron chi connectivity index (χ2n) is 9.13. The predicted octanol–water partition coefficient (Wildman–Crippen LogP) is 3.78. The molecule has 4 N–H and O–H groups in total. The van der Waals surface area contributed by atoms with Crippen LogP contribution in [0.25, 0.3) is 11.7 Å². The molecule has 0 bridgehead atoms. The van der Waals surface area contributed by atoms with Gasteiger partial charge >= 0.3 is 5.76 Å². The quantitative estimate of drug-likeness (QED) is 0.581. The third-order valence-electron chi connectivity index (χ3n) is 6.86. The van der Waals surface area contributed by atoms with E-state index in [1.165, 1.54) is 44.9 Å². The molecule has 9 nitrogen and oxygen atoms in total. The van der Waals surface area contributed by atoms with E-state index in [4.69, 9.17) is 10.2 Å². The molecule has 2 heterocycles. The molecule has 0 radical (unpaired) electrons. The largest absolute Gasteiger partial charge is 0.434 e. The molecule has 0 saturated heterocycles. The summed E-state index contributed by atoms with van der Waals surface area (Å²) in [4.78, 5) is 22.5. The highest BCUT2D eigenvalue weighted by Gasteiger charge is 2.28. The number of nitrogen functional groups attached to an aromatic ring is 1. The zero-order chi connectivity index (χ0) is 22.0. The Hall–Kier alpha value is -2.84. The molecule has 0 aliphatic heterocycles. The summed E-state index contributed by atoms with van der Waals surface area (Å²) in [5.41, 5.74) is 7.15. The molecular formula is C22H33N7O2. The molecule has 0 amide bonds. The summed E-state index contributed by atoms with van der Waals surface area (Å²) in [7, 11) is 0. The second kappa shape index (κ2) is 9.11. The zero-order valence-corrected chi connectivity index (χ0v) is 18.4. The SMILES string of the molecule is C=CN(C[C@H]1CC[C@H](C)CC1)c1c(N)nc(-c2n[nH]c(=O)o2)nc1N[C@H](C)C1CCC1. The van der Waals surface area contributed by atoms with Gasteiger partial charge in [0.1, 0.15) is 5.69 Å². The molecule has 168 valence electrons. The molecule has 2 aromatic rings. The van der Waals surface area contributed by atoms with Crippen LogP contribution in [0.2, 0.25) is 0 Å². The number of anilines is 3. The van der Waals surface area contributed by atoms with Crippen molar-refractivity contribution in [1.82, 2.24) is 20.2 Å². The van der Waals surface area contributed by atoms with Gasteiger partial charge in [0.25, 0.3) is 5.89 Å². The molecule has 2 aliphatic carbocycles. The minimum atomic E-state index is -0.655. The van der Waals surface area contributed by atoms with Gasteiger partial charge in [-0.15, -0.1) is 5.10 Å². The van der Waals surface area contributed by atoms with Crippen LogP contribution in [-0.2, 0) is 0 Å². The lowest BCUT2D eigenvalue weighted by molar-refractivity contribution is 0.284. The number of hydrogen-bond acceptors (Lipinski definition) is 8. The maximum Gasteiger partial charge on any atom is 0.434 e. The summed E-state index contributed by atoms with van der Waals surface area (Å²) in [6.45, 7) is 9.35. The van der Waals surface area contributed by atoms with Crippen LogP contribution in [0.3, 0.4) is 0 Å². The van der Waals surface area contributed by atoms with Crippen molar-refractivity contribution in [3.8, 4) is 11.7 Å². The third kappa shape index (κ3) is 4.75. The third-order valence-corrected chi connectivity index (χ3v) is 6.86. The van der Waals surface area contributed by atoms with Gasteiger partial charge in [0, 0.05) is 12.6 Å². The lowest BCUT2D eigenvalue weighted by atomic mass is 9.80. The number of nitrogens with two attached hydrogens (primary N) is 1. The van der Waals surface area contributed by atoms with Crippen molar-refractivity contribution in [3.63, 3.8) is 0 Å². The van der Waals surface area contributed by atoms with Crippen molar-refractivity contribution in [2.24, 2.45) is 17.8 Å². The van der Waals surface area contributed by atoms with Crippen LogP contribution in [0.1, 0.15) is 58.8 Å². The summed E-state index contributed by atoms with van der Waals surface area (Å²) in [6, 6.07) is 0.239. The summed E-state index contributed by atoms with van der Waals surface area (Å²) < 4.78 is 5.06. The Morgan fingerprint density at radius 3 is 2.61 bits per heavy atom. The van der Waals surface area contributed by atoms with E-state index in [2.05, 4.69) is 50.8 Å². The smallest absolute Gasteiger partial charge is 0.384 e. The molecular weight excluding hydrogens is 394 g/mol. The van der Waals surface area contributed by atoms with E-state index >= 15 is 0 Å². The summed E-state index contributed by atoms with van der Waals surface area (Å²) in [6.07, 6.45) is 10.4. The minimum absolute atomic E-state index is 0.0222. The van der Waals surface area contributed by atoms with E-state index < -0.39 is 5.76 Å². The van der Waals surface area contributed by atoms with E-state index in [1.807, 2.05) is 0 Å². The highest BCUT2D eigenvalue weighted by Crippen LogP contribution is 2.37. The number of rotatable bonds is 8. The first-order valence-corrected chi connectivity index (χ1v) is 11.3. The first-order chi connectivity index (χ1) is 14.9. The van der Waals surface area contributed by atoms with Crippen molar-refractivity contribution in [1.29, 1.82) is 0 Å². The van der Waals surface area contributed by atoms with E-state index in [0.717, 1.165) is 18.2 Å². The number of aromatic nitrogens is 4. The van der Waals surface area contributed by atoms with Gasteiger partial charge in [-0.25, -0.2) is 19.9 Å². The molecule has 2 aromatic heterocycles. The lowest BCUT2D eigenvalue weighted by Crippen LogP contribution is -2.33. The maximum absolute atomic E-state index is 11.4. The van der Waals surface area contributed by atoms with Gasteiger partial charge in [0.05, 0.1) is 0 Å². The van der Waals surface area contributed by atoms with E-state index in [-0.39, 0.29) is 17.8 Å². The minimum Gasteiger partial charge on any atom is -0.384 e. The number of H-pyrrole nitrogens is 1. The second-order valence-corrected chi connectivity index (χ2v) is 9.13. The number of nitrogens with one attached hydrogen (secondary N) is 2. The Bertz CT molecular complexity index is 957. The van der Waals surface area contributed by atoms with Crippen LogP contribution in [0.5, 0.6) is 0 Å². The normalized spacial score (nSPS) is 22.5. The fourth-order valence-electron chi connectivity index (χ4n) is 4.60. The molecule has 0 aromatic carbocycles. The lowest BCUT2D eigenvalue weighted by Gasteiger charge is -2.35. The van der Waals surface area contributed by atoms with Gasteiger partial charge in [-0.05, 0) is 56.6 Å². The van der Waals surface area contributed by atoms with Gasteiger partial charge in [-0.2, -0.15) is 0 Å². The van der Waals surface area contributed by atoms with Gasteiger partial charge in [-0.3, -0.25) is 0 Å². The van der Waals surface area contributed by atoms with E-state index in [1.54, 1.807) is 6.20 Å². The number of aromatic amines is 1. The molecule has 0 spiro atoms. The molecule has 1 atom stereocenters. The molecule has 2 saturated carbocycles.